The summed E-state index contributed by atoms with van der Waals surface area (Å²) in [7, 11) is 1.77. The van der Waals surface area contributed by atoms with E-state index in [1.165, 1.54) is 0 Å². The van der Waals surface area contributed by atoms with E-state index in [1.807, 2.05) is 0 Å². The van der Waals surface area contributed by atoms with Gasteiger partial charge in [-0.25, -0.2) is 5.43 Å². The third kappa shape index (κ3) is 1.68. The molecule has 4 nitrogen and oxygen atoms in total. The highest BCUT2D eigenvalue weighted by molar-refractivity contribution is 5.82. The first-order valence-corrected chi connectivity index (χ1v) is 3.54. The van der Waals surface area contributed by atoms with Crippen molar-refractivity contribution >= 4 is 5.91 Å². The lowest BCUT2D eigenvalue weighted by Gasteiger charge is -2.21. The van der Waals surface area contributed by atoms with Crippen molar-refractivity contribution in [1.82, 2.24) is 16.2 Å². The molecule has 4 heteroatoms. The number of hydrazine groups is 1. The molecule has 1 rings (SSSR count). The maximum Gasteiger partial charge on any atom is 0.238 e. The molecule has 1 fully saturated rings. The van der Waals surface area contributed by atoms with Gasteiger partial charge >= 0.3 is 0 Å². The van der Waals surface area contributed by atoms with Gasteiger partial charge in [-0.3, -0.25) is 10.2 Å². The molecule has 0 spiro atoms. The predicted octanol–water partition coefficient (Wildman–Crippen LogP) is -1.01. The molecule has 0 aromatic heterocycles. The van der Waals surface area contributed by atoms with Gasteiger partial charge in [-0.15, -0.1) is 0 Å². The van der Waals surface area contributed by atoms with E-state index in [-0.39, 0.29) is 11.9 Å². The summed E-state index contributed by atoms with van der Waals surface area (Å²) in [4.78, 5) is 11.0. The fourth-order valence-corrected chi connectivity index (χ4v) is 1.08. The van der Waals surface area contributed by atoms with Crippen molar-refractivity contribution in [3.63, 3.8) is 0 Å². The lowest BCUT2D eigenvalue weighted by atomic mass is 10.1. The van der Waals surface area contributed by atoms with Crippen molar-refractivity contribution in [2.24, 2.45) is 0 Å². The lowest BCUT2D eigenvalue weighted by molar-refractivity contribution is -0.124. The fraction of sp³-hybridized carbons (Fsp3) is 0.833. The second-order valence-corrected chi connectivity index (χ2v) is 2.38. The van der Waals surface area contributed by atoms with E-state index in [0.717, 1.165) is 19.4 Å². The SMILES string of the molecule is CNNC1CCCNC1=O. The van der Waals surface area contributed by atoms with Gasteiger partial charge in [-0.1, -0.05) is 0 Å². The van der Waals surface area contributed by atoms with Crippen LogP contribution < -0.4 is 16.2 Å². The molecule has 0 aromatic rings. The zero-order valence-corrected chi connectivity index (χ0v) is 6.11. The summed E-state index contributed by atoms with van der Waals surface area (Å²) < 4.78 is 0. The largest absolute Gasteiger partial charge is 0.355 e. The van der Waals surface area contributed by atoms with Crippen LogP contribution in [-0.4, -0.2) is 25.5 Å². The lowest BCUT2D eigenvalue weighted by Crippen LogP contribution is -2.51. The van der Waals surface area contributed by atoms with E-state index in [4.69, 9.17) is 0 Å². The zero-order chi connectivity index (χ0) is 7.40. The minimum absolute atomic E-state index is 0.0428. The predicted molar refractivity (Wildman–Crippen MR) is 38.2 cm³/mol. The van der Waals surface area contributed by atoms with Crippen molar-refractivity contribution < 1.29 is 4.79 Å². The van der Waals surface area contributed by atoms with Crippen molar-refractivity contribution in [2.45, 2.75) is 18.9 Å². The summed E-state index contributed by atoms with van der Waals surface area (Å²) in [6.07, 6.45) is 1.98. The van der Waals surface area contributed by atoms with Crippen molar-refractivity contribution in [1.29, 1.82) is 0 Å². The minimum Gasteiger partial charge on any atom is -0.355 e. The molecule has 0 aromatic carbocycles. The number of amides is 1. The number of hydrogen-bond acceptors (Lipinski definition) is 3. The highest BCUT2D eigenvalue weighted by Crippen LogP contribution is 2.00. The topological polar surface area (TPSA) is 53.2 Å². The van der Waals surface area contributed by atoms with E-state index in [2.05, 4.69) is 16.2 Å². The Morgan fingerprint density at radius 2 is 2.50 bits per heavy atom. The van der Waals surface area contributed by atoms with Crippen molar-refractivity contribution in [3.05, 3.63) is 0 Å². The first-order chi connectivity index (χ1) is 4.84. The Kier molecular flexibility index (Phi) is 2.65. The first-order valence-electron chi connectivity index (χ1n) is 3.54. The van der Waals surface area contributed by atoms with E-state index in [9.17, 15) is 4.79 Å². The second kappa shape index (κ2) is 3.53. The molecule has 1 unspecified atom stereocenters. The Hall–Kier alpha value is -0.610. The minimum atomic E-state index is -0.0428. The van der Waals surface area contributed by atoms with Gasteiger partial charge in [-0.05, 0) is 19.9 Å². The average molecular weight is 143 g/mol. The van der Waals surface area contributed by atoms with E-state index in [0.29, 0.717) is 0 Å². The summed E-state index contributed by atoms with van der Waals surface area (Å²) in [6, 6.07) is -0.0428. The smallest absolute Gasteiger partial charge is 0.238 e. The van der Waals surface area contributed by atoms with Gasteiger partial charge in [0.15, 0.2) is 0 Å². The van der Waals surface area contributed by atoms with Gasteiger partial charge in [-0.2, -0.15) is 0 Å². The van der Waals surface area contributed by atoms with E-state index in [1.54, 1.807) is 7.05 Å². The third-order valence-electron chi connectivity index (χ3n) is 1.60. The molecule has 1 aliphatic heterocycles. The summed E-state index contributed by atoms with van der Waals surface area (Å²) >= 11 is 0. The van der Waals surface area contributed by atoms with E-state index >= 15 is 0 Å². The maximum absolute atomic E-state index is 11.0. The molecule has 58 valence electrons. The Bertz CT molecular complexity index is 124. The molecule has 1 aliphatic rings. The summed E-state index contributed by atoms with van der Waals surface area (Å²) in [5.74, 6) is 0.0978. The molecule has 0 radical (unpaired) electrons. The van der Waals surface area contributed by atoms with Crippen LogP contribution in [0.3, 0.4) is 0 Å². The van der Waals surface area contributed by atoms with Crippen LogP contribution in [0.15, 0.2) is 0 Å². The number of hydrogen-bond donors (Lipinski definition) is 3. The van der Waals surface area contributed by atoms with Gasteiger partial charge in [0, 0.05) is 6.54 Å². The van der Waals surface area contributed by atoms with Crippen LogP contribution in [0.25, 0.3) is 0 Å². The van der Waals surface area contributed by atoms with Gasteiger partial charge in [0.1, 0.15) is 0 Å². The Morgan fingerprint density at radius 3 is 3.10 bits per heavy atom. The standard InChI is InChI=1S/C6H13N3O/c1-7-9-5-3-2-4-8-6(5)10/h5,7,9H,2-4H2,1H3,(H,8,10). The third-order valence-corrected chi connectivity index (χ3v) is 1.60. The fourth-order valence-electron chi connectivity index (χ4n) is 1.08. The Balaban J connectivity index is 2.32. The van der Waals surface area contributed by atoms with Gasteiger partial charge in [0.25, 0.3) is 0 Å². The summed E-state index contributed by atoms with van der Waals surface area (Å²) in [5, 5.41) is 2.78. The zero-order valence-electron chi connectivity index (χ0n) is 6.11. The monoisotopic (exact) mass is 143 g/mol. The second-order valence-electron chi connectivity index (χ2n) is 2.38. The highest BCUT2D eigenvalue weighted by Gasteiger charge is 2.19. The van der Waals surface area contributed by atoms with Crippen LogP contribution in [-0.2, 0) is 4.79 Å². The van der Waals surface area contributed by atoms with Crippen LogP contribution >= 0.6 is 0 Å². The summed E-state index contributed by atoms with van der Waals surface area (Å²) in [5.41, 5.74) is 5.63. The molecule has 0 aliphatic carbocycles. The molecule has 3 N–H and O–H groups in total. The van der Waals surface area contributed by atoms with Crippen LogP contribution in [0.4, 0.5) is 0 Å². The summed E-state index contributed by atoms with van der Waals surface area (Å²) in [6.45, 7) is 0.820. The molecule has 1 atom stereocenters. The van der Waals surface area contributed by atoms with Gasteiger partial charge < -0.3 is 5.32 Å². The number of nitrogens with one attached hydrogen (secondary N) is 3. The molecule has 1 saturated heterocycles. The first kappa shape index (κ1) is 7.50. The Morgan fingerprint density at radius 1 is 1.70 bits per heavy atom. The highest BCUT2D eigenvalue weighted by atomic mass is 16.2. The van der Waals surface area contributed by atoms with Crippen molar-refractivity contribution in [3.8, 4) is 0 Å². The van der Waals surface area contributed by atoms with Gasteiger partial charge in [0.2, 0.25) is 5.91 Å². The van der Waals surface area contributed by atoms with Crippen molar-refractivity contribution in [2.75, 3.05) is 13.6 Å². The quantitative estimate of drug-likeness (QED) is 0.434. The number of carbonyl (C=O) groups excluding carboxylic acids is 1. The molecule has 1 amide bonds. The molecule has 0 saturated carbocycles. The molecule has 0 bridgehead atoms. The van der Waals surface area contributed by atoms with Crippen LogP contribution in [0.5, 0.6) is 0 Å². The van der Waals surface area contributed by atoms with Crippen LogP contribution in [0.1, 0.15) is 12.8 Å². The van der Waals surface area contributed by atoms with Crippen LogP contribution in [0.2, 0.25) is 0 Å². The molecular formula is C6H13N3O. The molecular weight excluding hydrogens is 130 g/mol. The number of carbonyl (C=O) groups is 1. The molecule has 1 heterocycles. The average Bonchev–Trinajstić information content (AvgIpc) is 1.94. The normalized spacial score (nSPS) is 26.1. The molecule has 10 heavy (non-hydrogen) atoms. The Labute approximate surface area is 60.3 Å². The maximum atomic E-state index is 11.0. The van der Waals surface area contributed by atoms with Gasteiger partial charge in [0.05, 0.1) is 6.04 Å². The van der Waals surface area contributed by atoms with Crippen LogP contribution in [0, 0.1) is 0 Å². The number of rotatable bonds is 2. The van der Waals surface area contributed by atoms with E-state index < -0.39 is 0 Å². The number of piperidine rings is 1.